The van der Waals surface area contributed by atoms with Crippen molar-refractivity contribution in [3.05, 3.63) is 17.0 Å². The van der Waals surface area contributed by atoms with Gasteiger partial charge in [-0.3, -0.25) is 4.68 Å². The fourth-order valence-corrected chi connectivity index (χ4v) is 4.14. The Hall–Kier alpha value is -2.46. The van der Waals surface area contributed by atoms with E-state index in [-0.39, 0.29) is 6.61 Å². The predicted octanol–water partition coefficient (Wildman–Crippen LogP) is 3.20. The fourth-order valence-electron chi connectivity index (χ4n) is 3.92. The summed E-state index contributed by atoms with van der Waals surface area (Å²) in [5, 5.41) is 13.2. The average Bonchev–Trinajstić information content (AvgIpc) is 3.15. The molecule has 2 atom stereocenters. The average molecular weight is 422 g/mol. The van der Waals surface area contributed by atoms with Crippen LogP contribution in [0.2, 0.25) is 5.15 Å². The zero-order chi connectivity index (χ0) is 20.2. The van der Waals surface area contributed by atoms with E-state index in [1.54, 1.807) is 22.5 Å². The van der Waals surface area contributed by atoms with Crippen LogP contribution in [0.5, 0.6) is 5.88 Å². The third kappa shape index (κ3) is 3.10. The molecular formula is C18H21ClFN7O2. The minimum Gasteiger partial charge on any atom is -0.475 e. The van der Waals surface area contributed by atoms with Crippen molar-refractivity contribution in [3.63, 3.8) is 0 Å². The third-order valence-corrected chi connectivity index (χ3v) is 5.74. The molecule has 29 heavy (non-hydrogen) atoms. The lowest BCUT2D eigenvalue weighted by molar-refractivity contribution is -0.0605. The molecule has 1 N–H and O–H groups in total. The minimum absolute atomic E-state index is 0.0421. The Kier molecular flexibility index (Phi) is 4.36. The maximum Gasteiger partial charge on any atom is 0.257 e. The van der Waals surface area contributed by atoms with Gasteiger partial charge in [0.05, 0.1) is 30.3 Å². The van der Waals surface area contributed by atoms with E-state index in [4.69, 9.17) is 21.1 Å². The molecule has 11 heteroatoms. The number of halogens is 2. The third-order valence-electron chi connectivity index (χ3n) is 5.46. The first-order chi connectivity index (χ1) is 13.9. The van der Waals surface area contributed by atoms with Crippen molar-refractivity contribution in [1.29, 1.82) is 0 Å². The number of fused-ring (bicyclic) bond motifs is 2. The summed E-state index contributed by atoms with van der Waals surface area (Å²) in [7, 11) is 0. The van der Waals surface area contributed by atoms with Gasteiger partial charge in [-0.15, -0.1) is 5.10 Å². The molecular weight excluding hydrogens is 401 g/mol. The van der Waals surface area contributed by atoms with Crippen LogP contribution in [-0.4, -0.2) is 55.0 Å². The second kappa shape index (κ2) is 6.81. The highest BCUT2D eigenvalue weighted by Gasteiger charge is 2.41. The molecule has 2 aliphatic rings. The van der Waals surface area contributed by atoms with Gasteiger partial charge in [-0.05, 0) is 20.3 Å². The molecule has 0 unspecified atom stereocenters. The molecule has 0 radical (unpaired) electrons. The normalized spacial score (nSPS) is 24.6. The number of aromatic nitrogens is 6. The SMILES string of the molecule is Cc1c2c(nn1[C@@H]1CCOC[C@@]1(C)F)OCCCn1nc(Cl)c3cnc(nc31)N2. The van der Waals surface area contributed by atoms with Gasteiger partial charge in [0, 0.05) is 25.8 Å². The van der Waals surface area contributed by atoms with E-state index in [0.29, 0.717) is 66.3 Å². The number of aryl methyl sites for hydroxylation is 1. The van der Waals surface area contributed by atoms with Gasteiger partial charge in [0.1, 0.15) is 5.69 Å². The van der Waals surface area contributed by atoms with Gasteiger partial charge in [0.25, 0.3) is 5.88 Å². The van der Waals surface area contributed by atoms with Crippen LogP contribution in [0.25, 0.3) is 11.0 Å². The molecule has 5 rings (SSSR count). The summed E-state index contributed by atoms with van der Waals surface area (Å²) in [5.41, 5.74) is 0.519. The summed E-state index contributed by atoms with van der Waals surface area (Å²) < 4.78 is 29.8. The van der Waals surface area contributed by atoms with Crippen LogP contribution in [0.4, 0.5) is 16.0 Å². The van der Waals surface area contributed by atoms with Gasteiger partial charge in [-0.2, -0.15) is 10.1 Å². The highest BCUT2D eigenvalue weighted by atomic mass is 35.5. The van der Waals surface area contributed by atoms with Crippen LogP contribution in [-0.2, 0) is 11.3 Å². The summed E-state index contributed by atoms with van der Waals surface area (Å²) in [6, 6.07) is -0.439. The first kappa shape index (κ1) is 18.6. The van der Waals surface area contributed by atoms with E-state index in [1.807, 2.05) is 6.92 Å². The van der Waals surface area contributed by atoms with Crippen molar-refractivity contribution >= 4 is 34.3 Å². The zero-order valence-electron chi connectivity index (χ0n) is 16.2. The van der Waals surface area contributed by atoms with Gasteiger partial charge < -0.3 is 14.8 Å². The molecule has 3 aromatic heterocycles. The number of hydrogen-bond donors (Lipinski definition) is 1. The van der Waals surface area contributed by atoms with E-state index >= 15 is 4.39 Å². The van der Waals surface area contributed by atoms with Crippen LogP contribution in [0, 0.1) is 6.92 Å². The molecule has 9 nitrogen and oxygen atoms in total. The monoisotopic (exact) mass is 421 g/mol. The topological polar surface area (TPSA) is 91.9 Å². The van der Waals surface area contributed by atoms with Crippen LogP contribution >= 0.6 is 11.6 Å². The molecule has 5 heterocycles. The van der Waals surface area contributed by atoms with Crippen LogP contribution < -0.4 is 10.1 Å². The second-order valence-corrected chi connectivity index (χ2v) is 7.98. The van der Waals surface area contributed by atoms with Gasteiger partial charge in [0.15, 0.2) is 16.5 Å². The summed E-state index contributed by atoms with van der Waals surface area (Å²) >= 11 is 6.20. The minimum atomic E-state index is -1.52. The maximum atomic E-state index is 15.1. The lowest BCUT2D eigenvalue weighted by atomic mass is 9.94. The number of hydrogen-bond acceptors (Lipinski definition) is 7. The molecule has 154 valence electrons. The number of rotatable bonds is 1. The molecule has 2 aliphatic heterocycles. The number of ether oxygens (including phenoxy) is 2. The second-order valence-electron chi connectivity index (χ2n) is 7.62. The summed E-state index contributed by atoms with van der Waals surface area (Å²) in [4.78, 5) is 8.93. The largest absolute Gasteiger partial charge is 0.475 e. The summed E-state index contributed by atoms with van der Waals surface area (Å²) in [6.45, 7) is 4.98. The molecule has 0 aliphatic carbocycles. The summed E-state index contributed by atoms with van der Waals surface area (Å²) in [5.74, 6) is 0.783. The van der Waals surface area contributed by atoms with E-state index in [1.165, 1.54) is 0 Å². The maximum absolute atomic E-state index is 15.1. The Labute approximate surface area is 171 Å². The summed E-state index contributed by atoms with van der Waals surface area (Å²) in [6.07, 6.45) is 2.87. The molecule has 0 spiro atoms. The Morgan fingerprint density at radius 1 is 1.34 bits per heavy atom. The number of nitrogens with one attached hydrogen (secondary N) is 1. The van der Waals surface area contributed by atoms with Crippen LogP contribution in [0.1, 0.15) is 31.5 Å². The lowest BCUT2D eigenvalue weighted by Gasteiger charge is -2.35. The molecule has 0 aromatic carbocycles. The number of alkyl halides is 1. The van der Waals surface area contributed by atoms with Crippen molar-refractivity contribution in [3.8, 4) is 5.88 Å². The van der Waals surface area contributed by atoms with E-state index in [2.05, 4.69) is 25.5 Å². The van der Waals surface area contributed by atoms with Crippen molar-refractivity contribution in [2.24, 2.45) is 0 Å². The van der Waals surface area contributed by atoms with Crippen molar-refractivity contribution in [1.82, 2.24) is 29.5 Å². The first-order valence-electron chi connectivity index (χ1n) is 9.59. The van der Waals surface area contributed by atoms with Crippen LogP contribution in [0.15, 0.2) is 6.20 Å². The first-order valence-corrected chi connectivity index (χ1v) is 9.96. The van der Waals surface area contributed by atoms with Gasteiger partial charge in [-0.1, -0.05) is 11.6 Å². The van der Waals surface area contributed by atoms with Crippen LogP contribution in [0.3, 0.4) is 0 Å². The Balaban J connectivity index is 1.59. The Morgan fingerprint density at radius 3 is 3.03 bits per heavy atom. The quantitative estimate of drug-likeness (QED) is 0.645. The molecule has 3 aromatic rings. The van der Waals surface area contributed by atoms with Crippen molar-refractivity contribution in [2.45, 2.75) is 44.9 Å². The fraction of sp³-hybridized carbons (Fsp3) is 0.556. The molecule has 0 saturated carbocycles. The number of nitrogens with zero attached hydrogens (tertiary/aromatic N) is 6. The van der Waals surface area contributed by atoms with Gasteiger partial charge in [0.2, 0.25) is 5.95 Å². The molecule has 1 saturated heterocycles. The lowest BCUT2D eigenvalue weighted by Crippen LogP contribution is -2.42. The standard InChI is InChI=1S/C18H21ClFN7O2/c1-10-13-16(25-27(10)12-4-7-28-9-18(12,2)20)29-6-3-5-26-15-11(14(19)24-26)8-21-17(22-13)23-15/h8,12H,3-7,9H2,1-2H3,(H,21,22,23)/t12-,18-/m1/s1. The molecule has 1 fully saturated rings. The Morgan fingerprint density at radius 2 is 2.21 bits per heavy atom. The van der Waals surface area contributed by atoms with E-state index in [0.717, 1.165) is 5.69 Å². The molecule has 0 amide bonds. The smallest absolute Gasteiger partial charge is 0.257 e. The van der Waals surface area contributed by atoms with Crippen molar-refractivity contribution < 1.29 is 13.9 Å². The predicted molar refractivity (Wildman–Crippen MR) is 105 cm³/mol. The molecule has 2 bridgehead atoms. The van der Waals surface area contributed by atoms with Crippen molar-refractivity contribution in [2.75, 3.05) is 25.1 Å². The zero-order valence-corrected chi connectivity index (χ0v) is 16.9. The Bertz CT molecular complexity index is 1080. The van der Waals surface area contributed by atoms with Gasteiger partial charge >= 0.3 is 0 Å². The number of anilines is 2. The van der Waals surface area contributed by atoms with Gasteiger partial charge in [-0.25, -0.2) is 14.1 Å². The highest BCUT2D eigenvalue weighted by Crippen LogP contribution is 2.39. The van der Waals surface area contributed by atoms with E-state index in [9.17, 15) is 0 Å². The highest BCUT2D eigenvalue weighted by molar-refractivity contribution is 6.34. The van der Waals surface area contributed by atoms with E-state index < -0.39 is 11.7 Å².